The Balaban J connectivity index is 3.06. The third-order valence-corrected chi connectivity index (χ3v) is 4.32. The maximum absolute atomic E-state index is 12.2. The number of hydrogen-bond acceptors (Lipinski definition) is 3. The number of unbranched alkanes of at least 4 members (excludes halogenated alkanes) is 1. The van der Waals surface area contributed by atoms with Crippen molar-refractivity contribution >= 4 is 16.0 Å². The van der Waals surface area contributed by atoms with Crippen LogP contribution in [0, 0.1) is 12.3 Å². The van der Waals surface area contributed by atoms with Crippen molar-refractivity contribution in [2.75, 3.05) is 6.54 Å². The normalized spacial score (nSPS) is 11.0. The number of sulfonamides is 1. The predicted octanol–water partition coefficient (Wildman–Crippen LogP) is 1.64. The number of rotatable bonds is 7. The average molecular weight is 295 g/mol. The van der Waals surface area contributed by atoms with Gasteiger partial charge < -0.3 is 5.11 Å². The molecule has 1 rings (SSSR count). The summed E-state index contributed by atoms with van der Waals surface area (Å²) in [6.07, 6.45) is 6.62. The van der Waals surface area contributed by atoms with E-state index in [1.54, 1.807) is 0 Å². The fourth-order valence-corrected chi connectivity index (χ4v) is 3.11. The second-order valence-corrected chi connectivity index (χ2v) is 5.92. The van der Waals surface area contributed by atoms with Crippen molar-refractivity contribution < 1.29 is 18.3 Å². The topological polar surface area (TPSA) is 83.5 Å². The van der Waals surface area contributed by atoms with Gasteiger partial charge in [0, 0.05) is 13.0 Å². The highest BCUT2D eigenvalue weighted by atomic mass is 32.2. The van der Waals surface area contributed by atoms with Gasteiger partial charge in [0.05, 0.1) is 10.5 Å². The van der Waals surface area contributed by atoms with Gasteiger partial charge in [0.15, 0.2) is 0 Å². The standard InChI is InChI=1S/C14H17NO4S/c1-3-5-6-9-15-20(18,19)13-10-12(14(16)17)8-7-11(13)4-2/h1,7-8,10,15H,4-6,9H2,2H3,(H,16,17). The molecule has 0 aromatic heterocycles. The molecule has 1 aromatic rings. The maximum Gasteiger partial charge on any atom is 0.335 e. The molecule has 1 aromatic carbocycles. The highest BCUT2D eigenvalue weighted by Crippen LogP contribution is 2.18. The van der Waals surface area contributed by atoms with E-state index in [2.05, 4.69) is 10.6 Å². The fourth-order valence-electron chi connectivity index (χ4n) is 1.70. The lowest BCUT2D eigenvalue weighted by Crippen LogP contribution is -2.26. The van der Waals surface area contributed by atoms with Gasteiger partial charge in [-0.15, -0.1) is 12.3 Å². The van der Waals surface area contributed by atoms with E-state index in [0.717, 1.165) is 0 Å². The Labute approximate surface area is 119 Å². The Morgan fingerprint density at radius 2 is 2.15 bits per heavy atom. The van der Waals surface area contributed by atoms with Gasteiger partial charge in [0.1, 0.15) is 0 Å². The summed E-state index contributed by atoms with van der Waals surface area (Å²) < 4.78 is 26.8. The SMILES string of the molecule is C#CCCCNS(=O)(=O)c1cc(C(=O)O)ccc1CC. The van der Waals surface area contributed by atoms with Crippen molar-refractivity contribution in [3.63, 3.8) is 0 Å². The zero-order valence-corrected chi connectivity index (χ0v) is 12.0. The maximum atomic E-state index is 12.2. The molecule has 0 saturated heterocycles. The van der Waals surface area contributed by atoms with E-state index in [4.69, 9.17) is 11.5 Å². The molecule has 0 radical (unpaired) electrons. The highest BCUT2D eigenvalue weighted by Gasteiger charge is 2.19. The summed E-state index contributed by atoms with van der Waals surface area (Å²) in [6, 6.07) is 4.11. The van der Waals surface area contributed by atoms with Gasteiger partial charge in [-0.1, -0.05) is 13.0 Å². The lowest BCUT2D eigenvalue weighted by molar-refractivity contribution is 0.0696. The number of carboxylic acids is 1. The van der Waals surface area contributed by atoms with Gasteiger partial charge in [0.25, 0.3) is 0 Å². The van der Waals surface area contributed by atoms with E-state index in [1.807, 2.05) is 6.92 Å². The minimum Gasteiger partial charge on any atom is -0.478 e. The van der Waals surface area contributed by atoms with Crippen LogP contribution < -0.4 is 4.72 Å². The fraction of sp³-hybridized carbons (Fsp3) is 0.357. The molecule has 0 heterocycles. The number of nitrogens with one attached hydrogen (secondary N) is 1. The minimum absolute atomic E-state index is 0.0145. The first-order valence-electron chi connectivity index (χ1n) is 6.21. The summed E-state index contributed by atoms with van der Waals surface area (Å²) in [4.78, 5) is 11.0. The highest BCUT2D eigenvalue weighted by molar-refractivity contribution is 7.89. The second-order valence-electron chi connectivity index (χ2n) is 4.19. The van der Waals surface area contributed by atoms with Crippen molar-refractivity contribution in [2.45, 2.75) is 31.1 Å². The van der Waals surface area contributed by atoms with Crippen molar-refractivity contribution in [1.82, 2.24) is 4.72 Å². The van der Waals surface area contributed by atoms with Crippen molar-refractivity contribution in [1.29, 1.82) is 0 Å². The van der Waals surface area contributed by atoms with Crippen LogP contribution in [0.2, 0.25) is 0 Å². The average Bonchev–Trinajstić information content (AvgIpc) is 2.42. The molecule has 0 spiro atoms. The number of aryl methyl sites for hydroxylation is 1. The van der Waals surface area contributed by atoms with Crippen molar-refractivity contribution in [3.8, 4) is 12.3 Å². The minimum atomic E-state index is -3.72. The lowest BCUT2D eigenvalue weighted by atomic mass is 10.1. The smallest absolute Gasteiger partial charge is 0.335 e. The number of carbonyl (C=O) groups is 1. The summed E-state index contributed by atoms with van der Waals surface area (Å²) >= 11 is 0. The molecule has 2 N–H and O–H groups in total. The molecular weight excluding hydrogens is 278 g/mol. The number of aromatic carboxylic acids is 1. The van der Waals surface area contributed by atoms with E-state index in [0.29, 0.717) is 24.8 Å². The Kier molecular flexibility index (Phi) is 5.74. The van der Waals surface area contributed by atoms with Crippen LogP contribution in [0.3, 0.4) is 0 Å². The second kappa shape index (κ2) is 7.08. The molecule has 0 aliphatic carbocycles. The van der Waals surface area contributed by atoms with E-state index < -0.39 is 16.0 Å². The summed E-state index contributed by atoms with van der Waals surface area (Å²) in [6.45, 7) is 2.04. The molecule has 0 aliphatic heterocycles. The number of benzene rings is 1. The first-order valence-corrected chi connectivity index (χ1v) is 7.70. The van der Waals surface area contributed by atoms with E-state index in [9.17, 15) is 13.2 Å². The molecular formula is C14H17NO4S. The monoisotopic (exact) mass is 295 g/mol. The molecule has 0 fully saturated rings. The van der Waals surface area contributed by atoms with Crippen LogP contribution in [0.15, 0.2) is 23.1 Å². The molecule has 0 atom stereocenters. The van der Waals surface area contributed by atoms with Gasteiger partial charge in [-0.05, 0) is 30.5 Å². The molecule has 5 nitrogen and oxygen atoms in total. The van der Waals surface area contributed by atoms with Gasteiger partial charge in [-0.2, -0.15) is 0 Å². The van der Waals surface area contributed by atoms with Crippen LogP contribution in [0.25, 0.3) is 0 Å². The quantitative estimate of drug-likeness (QED) is 0.591. The third-order valence-electron chi connectivity index (χ3n) is 2.77. The van der Waals surface area contributed by atoms with Crippen LogP contribution in [-0.2, 0) is 16.4 Å². The largest absolute Gasteiger partial charge is 0.478 e. The molecule has 6 heteroatoms. The zero-order valence-electron chi connectivity index (χ0n) is 11.2. The number of terminal acetylenes is 1. The molecule has 0 aliphatic rings. The third kappa shape index (κ3) is 4.08. The molecule has 0 amide bonds. The summed E-state index contributed by atoms with van der Waals surface area (Å²) in [5, 5.41) is 8.95. The van der Waals surface area contributed by atoms with E-state index in [-0.39, 0.29) is 17.0 Å². The number of hydrogen-bond donors (Lipinski definition) is 2. The predicted molar refractivity (Wildman–Crippen MR) is 76.0 cm³/mol. The Hall–Kier alpha value is -1.84. The van der Waals surface area contributed by atoms with Gasteiger partial charge in [-0.25, -0.2) is 17.9 Å². The molecule has 0 saturated carbocycles. The van der Waals surface area contributed by atoms with Crippen molar-refractivity contribution in [3.05, 3.63) is 29.3 Å². The molecule has 20 heavy (non-hydrogen) atoms. The Morgan fingerprint density at radius 1 is 1.45 bits per heavy atom. The van der Waals surface area contributed by atoms with Crippen LogP contribution in [-0.4, -0.2) is 26.0 Å². The van der Waals surface area contributed by atoms with Gasteiger partial charge in [-0.3, -0.25) is 0 Å². The van der Waals surface area contributed by atoms with E-state index in [1.165, 1.54) is 18.2 Å². The Morgan fingerprint density at radius 3 is 2.70 bits per heavy atom. The lowest BCUT2D eigenvalue weighted by Gasteiger charge is -2.11. The van der Waals surface area contributed by atoms with E-state index >= 15 is 0 Å². The molecule has 0 bridgehead atoms. The summed E-state index contributed by atoms with van der Waals surface area (Å²) in [5.74, 6) is 1.27. The van der Waals surface area contributed by atoms with Crippen LogP contribution >= 0.6 is 0 Å². The van der Waals surface area contributed by atoms with Crippen LogP contribution in [0.1, 0.15) is 35.7 Å². The van der Waals surface area contributed by atoms with Crippen LogP contribution in [0.5, 0.6) is 0 Å². The van der Waals surface area contributed by atoms with Gasteiger partial charge in [0.2, 0.25) is 10.0 Å². The summed E-state index contributed by atoms with van der Waals surface area (Å²) in [7, 11) is -3.72. The van der Waals surface area contributed by atoms with Crippen molar-refractivity contribution in [2.24, 2.45) is 0 Å². The Bertz CT molecular complexity index is 629. The molecule has 108 valence electrons. The molecule has 0 unspecified atom stereocenters. The first-order chi connectivity index (χ1) is 9.42. The summed E-state index contributed by atoms with van der Waals surface area (Å²) in [5.41, 5.74) is 0.533. The number of carboxylic acid groups (broad SMARTS) is 1. The zero-order chi connectivity index (χ0) is 15.2. The van der Waals surface area contributed by atoms with Gasteiger partial charge >= 0.3 is 5.97 Å². The van der Waals surface area contributed by atoms with Crippen LogP contribution in [0.4, 0.5) is 0 Å². The first kappa shape index (κ1) is 16.2.